The van der Waals surface area contributed by atoms with Crippen LogP contribution in [0.5, 0.6) is 0 Å². The molecule has 0 saturated carbocycles. The SMILES string of the molecule is CC(C)(C)OC(=O)c1ccc2c(c1)no[n+]2[O-]. The highest BCUT2D eigenvalue weighted by Crippen LogP contribution is 2.15. The Kier molecular flexibility index (Phi) is 2.49. The number of hydrogen-bond acceptors (Lipinski definition) is 5. The summed E-state index contributed by atoms with van der Waals surface area (Å²) in [5.41, 5.74) is 0.371. The fourth-order valence-electron chi connectivity index (χ4n) is 1.34. The second kappa shape index (κ2) is 3.73. The predicted molar refractivity (Wildman–Crippen MR) is 58.1 cm³/mol. The molecule has 90 valence electrons. The van der Waals surface area contributed by atoms with E-state index in [4.69, 9.17) is 4.74 Å². The smallest absolute Gasteiger partial charge is 0.338 e. The monoisotopic (exact) mass is 236 g/mol. The lowest BCUT2D eigenvalue weighted by Crippen LogP contribution is -2.24. The van der Waals surface area contributed by atoms with Crippen LogP contribution in [0, 0.1) is 5.21 Å². The van der Waals surface area contributed by atoms with Crippen LogP contribution in [0.3, 0.4) is 0 Å². The van der Waals surface area contributed by atoms with E-state index in [1.807, 2.05) is 0 Å². The van der Waals surface area contributed by atoms with Gasteiger partial charge < -0.3 is 9.94 Å². The number of benzene rings is 1. The minimum atomic E-state index is -0.561. The van der Waals surface area contributed by atoms with Gasteiger partial charge in [0.15, 0.2) is 0 Å². The zero-order valence-electron chi connectivity index (χ0n) is 9.76. The Morgan fingerprint density at radius 1 is 1.47 bits per heavy atom. The molecule has 2 aromatic rings. The zero-order valence-corrected chi connectivity index (χ0v) is 9.76. The maximum Gasteiger partial charge on any atom is 0.338 e. The third-order valence-corrected chi connectivity index (χ3v) is 2.02. The normalized spacial score (nSPS) is 11.7. The molecule has 0 N–H and O–H groups in total. The minimum Gasteiger partial charge on any atom is -0.456 e. The van der Waals surface area contributed by atoms with Crippen LogP contribution in [0.25, 0.3) is 11.0 Å². The van der Waals surface area contributed by atoms with Crippen molar-refractivity contribution in [2.45, 2.75) is 26.4 Å². The summed E-state index contributed by atoms with van der Waals surface area (Å²) >= 11 is 0. The molecule has 0 spiro atoms. The fraction of sp³-hybridized carbons (Fsp3) is 0.364. The second-order valence-electron chi connectivity index (χ2n) is 4.64. The lowest BCUT2D eigenvalue weighted by Gasteiger charge is -2.19. The minimum absolute atomic E-state index is 0.275. The molecule has 0 aliphatic rings. The Hall–Kier alpha value is -2.11. The van der Waals surface area contributed by atoms with Gasteiger partial charge >= 0.3 is 5.97 Å². The lowest BCUT2D eigenvalue weighted by atomic mass is 10.1. The van der Waals surface area contributed by atoms with Gasteiger partial charge in [0, 0.05) is 11.2 Å². The molecule has 0 amide bonds. The average molecular weight is 236 g/mol. The quantitative estimate of drug-likeness (QED) is 0.552. The standard InChI is InChI=1S/C11H12N2O4/c1-11(2,3)16-10(14)7-4-5-9-8(6-7)12-17-13(9)15/h4-6H,1-3H3. The molecular weight excluding hydrogens is 224 g/mol. The molecule has 0 bridgehead atoms. The molecule has 1 aromatic carbocycles. The number of ether oxygens (including phenoxy) is 1. The van der Waals surface area contributed by atoms with Gasteiger partial charge in [-0.05, 0) is 37.8 Å². The van der Waals surface area contributed by atoms with Crippen LogP contribution < -0.4 is 4.90 Å². The molecular formula is C11H12N2O4. The van der Waals surface area contributed by atoms with Crippen molar-refractivity contribution in [2.24, 2.45) is 0 Å². The summed E-state index contributed by atoms with van der Waals surface area (Å²) in [6.07, 6.45) is 0. The van der Waals surface area contributed by atoms with Crippen LogP contribution in [-0.4, -0.2) is 16.7 Å². The first-order valence-corrected chi connectivity index (χ1v) is 5.10. The predicted octanol–water partition coefficient (Wildman–Crippen LogP) is 1.42. The second-order valence-corrected chi connectivity index (χ2v) is 4.64. The Bertz CT molecular complexity index is 568. The first-order valence-electron chi connectivity index (χ1n) is 5.10. The molecule has 2 rings (SSSR count). The highest BCUT2D eigenvalue weighted by atomic mass is 16.8. The zero-order chi connectivity index (χ0) is 12.6. The summed E-state index contributed by atoms with van der Waals surface area (Å²) < 4.78 is 9.61. The Morgan fingerprint density at radius 3 is 2.82 bits per heavy atom. The number of esters is 1. The van der Waals surface area contributed by atoms with Gasteiger partial charge in [0.05, 0.1) is 5.56 Å². The molecule has 0 saturated heterocycles. The van der Waals surface area contributed by atoms with Crippen molar-refractivity contribution in [3.05, 3.63) is 29.0 Å². The van der Waals surface area contributed by atoms with Crippen LogP contribution >= 0.6 is 0 Å². The Labute approximate surface area is 97.3 Å². The van der Waals surface area contributed by atoms with Crippen LogP contribution in [-0.2, 0) is 4.74 Å². The number of fused-ring (bicyclic) bond motifs is 1. The van der Waals surface area contributed by atoms with E-state index in [1.54, 1.807) is 20.8 Å². The van der Waals surface area contributed by atoms with Gasteiger partial charge in [-0.2, -0.15) is 0 Å². The summed E-state index contributed by atoms with van der Waals surface area (Å²) in [4.78, 5) is 12.0. The highest BCUT2D eigenvalue weighted by Gasteiger charge is 2.20. The van der Waals surface area contributed by atoms with E-state index in [0.717, 1.165) is 0 Å². The fourth-order valence-corrected chi connectivity index (χ4v) is 1.34. The van der Waals surface area contributed by atoms with Crippen molar-refractivity contribution < 1.29 is 19.1 Å². The lowest BCUT2D eigenvalue weighted by molar-refractivity contribution is -0.782. The van der Waals surface area contributed by atoms with Crippen molar-refractivity contribution in [2.75, 3.05) is 0 Å². The van der Waals surface area contributed by atoms with E-state index in [-0.39, 0.29) is 10.4 Å². The van der Waals surface area contributed by atoms with Crippen molar-refractivity contribution in [3.63, 3.8) is 0 Å². The van der Waals surface area contributed by atoms with Crippen molar-refractivity contribution in [1.82, 2.24) is 5.16 Å². The van der Waals surface area contributed by atoms with Gasteiger partial charge in [0.2, 0.25) is 11.0 Å². The van der Waals surface area contributed by atoms with Crippen molar-refractivity contribution >= 4 is 17.0 Å². The van der Waals surface area contributed by atoms with Crippen LogP contribution in [0.1, 0.15) is 31.1 Å². The van der Waals surface area contributed by atoms with E-state index in [1.165, 1.54) is 18.2 Å². The molecule has 6 nitrogen and oxygen atoms in total. The summed E-state index contributed by atoms with van der Waals surface area (Å²) in [5, 5.41) is 14.6. The van der Waals surface area contributed by atoms with Crippen LogP contribution in [0.15, 0.2) is 22.8 Å². The molecule has 17 heavy (non-hydrogen) atoms. The third kappa shape index (κ3) is 2.35. The van der Waals surface area contributed by atoms with Gasteiger partial charge in [0.1, 0.15) is 5.60 Å². The van der Waals surface area contributed by atoms with E-state index >= 15 is 0 Å². The summed E-state index contributed by atoms with van der Waals surface area (Å²) in [5.74, 6) is -0.458. The van der Waals surface area contributed by atoms with E-state index in [9.17, 15) is 10.0 Å². The van der Waals surface area contributed by atoms with Crippen molar-refractivity contribution in [1.29, 1.82) is 0 Å². The number of nitrogens with zero attached hydrogens (tertiary/aromatic N) is 2. The first-order chi connectivity index (χ1) is 7.87. The number of rotatable bonds is 1. The molecule has 0 aliphatic carbocycles. The molecule has 1 heterocycles. The summed E-state index contributed by atoms with van der Waals surface area (Å²) in [6.45, 7) is 5.35. The van der Waals surface area contributed by atoms with Gasteiger partial charge in [-0.3, -0.25) is 4.63 Å². The van der Waals surface area contributed by atoms with Crippen LogP contribution in [0.4, 0.5) is 0 Å². The molecule has 1 aromatic heterocycles. The average Bonchev–Trinajstić information content (AvgIpc) is 2.57. The van der Waals surface area contributed by atoms with Crippen molar-refractivity contribution in [3.8, 4) is 0 Å². The first kappa shape index (κ1) is 11.4. The van der Waals surface area contributed by atoms with Gasteiger partial charge in [-0.15, -0.1) is 0 Å². The summed E-state index contributed by atoms with van der Waals surface area (Å²) in [7, 11) is 0. The van der Waals surface area contributed by atoms with Crippen LogP contribution in [0.2, 0.25) is 0 Å². The van der Waals surface area contributed by atoms with E-state index < -0.39 is 11.6 Å². The van der Waals surface area contributed by atoms with E-state index in [0.29, 0.717) is 11.1 Å². The Balaban J connectivity index is 2.33. The highest BCUT2D eigenvalue weighted by molar-refractivity contribution is 5.93. The molecule has 0 atom stereocenters. The number of carbonyl (C=O) groups is 1. The summed E-state index contributed by atoms with van der Waals surface area (Å²) in [6, 6.07) is 4.43. The van der Waals surface area contributed by atoms with E-state index in [2.05, 4.69) is 9.79 Å². The van der Waals surface area contributed by atoms with Gasteiger partial charge in [0.25, 0.3) is 0 Å². The number of hydrogen-bond donors (Lipinski definition) is 0. The molecule has 0 radical (unpaired) electrons. The molecule has 0 fully saturated rings. The third-order valence-electron chi connectivity index (χ3n) is 2.02. The maximum atomic E-state index is 11.7. The molecule has 0 aliphatic heterocycles. The topological polar surface area (TPSA) is 79.3 Å². The Morgan fingerprint density at radius 2 is 2.18 bits per heavy atom. The molecule has 6 heteroatoms. The number of carbonyl (C=O) groups excluding carboxylic acids is 1. The van der Waals surface area contributed by atoms with Gasteiger partial charge in [-0.1, -0.05) is 0 Å². The maximum absolute atomic E-state index is 11.7. The number of aromatic nitrogens is 2. The molecule has 0 unspecified atom stereocenters. The largest absolute Gasteiger partial charge is 0.456 e. The van der Waals surface area contributed by atoms with Gasteiger partial charge in [-0.25, -0.2) is 4.79 Å².